The number of piperidine rings is 1. The van der Waals surface area contributed by atoms with Gasteiger partial charge in [0.2, 0.25) is 0 Å². The van der Waals surface area contributed by atoms with Crippen LogP contribution in [-0.2, 0) is 0 Å². The number of fused-ring (bicyclic) bond motifs is 2. The van der Waals surface area contributed by atoms with Crippen LogP contribution in [0.1, 0.15) is 49.4 Å². The zero-order valence-electron chi connectivity index (χ0n) is 12.5. The molecule has 4 nitrogen and oxygen atoms in total. The Morgan fingerprint density at radius 2 is 1.86 bits per heavy atom. The first kappa shape index (κ1) is 14.4. The van der Waals surface area contributed by atoms with Crippen molar-refractivity contribution < 1.29 is 14.6 Å². The van der Waals surface area contributed by atoms with Crippen molar-refractivity contribution >= 4 is 5.91 Å². The predicted molar refractivity (Wildman–Crippen MR) is 80.4 cm³/mol. The van der Waals surface area contributed by atoms with E-state index in [0.29, 0.717) is 12.2 Å². The third-order valence-electron chi connectivity index (χ3n) is 4.52. The lowest BCUT2D eigenvalue weighted by Crippen LogP contribution is -2.47. The number of aliphatic hydroxyl groups excluding tert-OH is 1. The average molecular weight is 289 g/mol. The zero-order chi connectivity index (χ0) is 14.8. The Morgan fingerprint density at radius 3 is 2.43 bits per heavy atom. The van der Waals surface area contributed by atoms with Gasteiger partial charge in [0, 0.05) is 17.6 Å². The molecule has 0 aliphatic carbocycles. The highest BCUT2D eigenvalue weighted by atomic mass is 16.5. The topological polar surface area (TPSA) is 49.8 Å². The van der Waals surface area contributed by atoms with Gasteiger partial charge in [-0.15, -0.1) is 0 Å². The van der Waals surface area contributed by atoms with Gasteiger partial charge in [-0.1, -0.05) is 6.92 Å². The van der Waals surface area contributed by atoms with Gasteiger partial charge in [0.25, 0.3) is 5.91 Å². The van der Waals surface area contributed by atoms with Crippen molar-refractivity contribution in [3.63, 3.8) is 0 Å². The number of benzene rings is 1. The Labute approximate surface area is 125 Å². The molecule has 4 heteroatoms. The van der Waals surface area contributed by atoms with Gasteiger partial charge in [-0.25, -0.2) is 0 Å². The van der Waals surface area contributed by atoms with Crippen molar-refractivity contribution in [2.75, 3.05) is 6.61 Å². The van der Waals surface area contributed by atoms with E-state index in [1.807, 2.05) is 29.2 Å². The predicted octanol–water partition coefficient (Wildman–Crippen LogP) is 2.60. The van der Waals surface area contributed by atoms with Crippen LogP contribution in [0.5, 0.6) is 5.75 Å². The Balaban J connectivity index is 1.71. The monoisotopic (exact) mass is 289 g/mol. The summed E-state index contributed by atoms with van der Waals surface area (Å²) in [6.07, 6.45) is 4.22. The van der Waals surface area contributed by atoms with Gasteiger partial charge in [-0.05, 0) is 56.4 Å². The number of amides is 1. The summed E-state index contributed by atoms with van der Waals surface area (Å²) in [5, 5.41) is 9.82. The zero-order valence-corrected chi connectivity index (χ0v) is 12.5. The minimum atomic E-state index is -0.239. The van der Waals surface area contributed by atoms with E-state index in [1.54, 1.807) is 0 Å². The first-order valence-corrected chi connectivity index (χ1v) is 7.92. The highest BCUT2D eigenvalue weighted by molar-refractivity contribution is 5.95. The lowest BCUT2D eigenvalue weighted by molar-refractivity contribution is 0.0287. The molecule has 2 aliphatic heterocycles. The van der Waals surface area contributed by atoms with Crippen molar-refractivity contribution in [1.29, 1.82) is 0 Å². The number of rotatable bonds is 4. The van der Waals surface area contributed by atoms with E-state index in [9.17, 15) is 9.90 Å². The highest BCUT2D eigenvalue weighted by Gasteiger charge is 2.42. The number of ether oxygens (including phenoxy) is 1. The van der Waals surface area contributed by atoms with Crippen LogP contribution in [0.25, 0.3) is 0 Å². The highest BCUT2D eigenvalue weighted by Crippen LogP contribution is 2.36. The van der Waals surface area contributed by atoms with Gasteiger partial charge in [-0.3, -0.25) is 4.79 Å². The van der Waals surface area contributed by atoms with E-state index in [4.69, 9.17) is 4.74 Å². The molecule has 2 unspecified atom stereocenters. The third-order valence-corrected chi connectivity index (χ3v) is 4.52. The molecule has 0 radical (unpaired) electrons. The van der Waals surface area contributed by atoms with E-state index >= 15 is 0 Å². The van der Waals surface area contributed by atoms with Crippen LogP contribution in [0.4, 0.5) is 0 Å². The SMILES string of the molecule is CCCOc1ccc(C(=O)N2C3CCC2CC(O)C3)cc1. The van der Waals surface area contributed by atoms with Crippen LogP contribution in [-0.4, -0.2) is 40.7 Å². The summed E-state index contributed by atoms with van der Waals surface area (Å²) in [5.41, 5.74) is 0.715. The Hall–Kier alpha value is -1.55. The Bertz CT molecular complexity index is 485. The third kappa shape index (κ3) is 2.91. The molecule has 1 aromatic carbocycles. The summed E-state index contributed by atoms with van der Waals surface area (Å²) in [6, 6.07) is 7.84. The number of carbonyl (C=O) groups is 1. The second-order valence-electron chi connectivity index (χ2n) is 6.10. The fraction of sp³-hybridized carbons (Fsp3) is 0.588. The summed E-state index contributed by atoms with van der Waals surface area (Å²) in [5.74, 6) is 0.905. The molecule has 0 spiro atoms. The quantitative estimate of drug-likeness (QED) is 0.927. The van der Waals surface area contributed by atoms with Gasteiger partial charge in [-0.2, -0.15) is 0 Å². The number of carbonyl (C=O) groups excluding carboxylic acids is 1. The van der Waals surface area contributed by atoms with Crippen LogP contribution >= 0.6 is 0 Å². The minimum absolute atomic E-state index is 0.0939. The molecule has 1 amide bonds. The lowest BCUT2D eigenvalue weighted by atomic mass is 9.98. The Kier molecular flexibility index (Phi) is 4.15. The second kappa shape index (κ2) is 6.06. The molecule has 114 valence electrons. The molecular formula is C17H23NO3. The fourth-order valence-corrected chi connectivity index (χ4v) is 3.54. The summed E-state index contributed by atoms with van der Waals surface area (Å²) in [4.78, 5) is 14.7. The van der Waals surface area contributed by atoms with Crippen LogP contribution < -0.4 is 4.74 Å². The lowest BCUT2D eigenvalue weighted by Gasteiger charge is -2.37. The van der Waals surface area contributed by atoms with Gasteiger partial charge < -0.3 is 14.7 Å². The first-order valence-electron chi connectivity index (χ1n) is 7.92. The summed E-state index contributed by atoms with van der Waals surface area (Å²) < 4.78 is 5.55. The van der Waals surface area contributed by atoms with Crippen LogP contribution in [0.15, 0.2) is 24.3 Å². The largest absolute Gasteiger partial charge is 0.494 e. The molecule has 21 heavy (non-hydrogen) atoms. The van der Waals surface area contributed by atoms with Crippen molar-refractivity contribution in [3.8, 4) is 5.75 Å². The molecule has 3 rings (SSSR count). The number of nitrogens with zero attached hydrogens (tertiary/aromatic N) is 1. The van der Waals surface area contributed by atoms with Crippen LogP contribution in [0.2, 0.25) is 0 Å². The standard InChI is InChI=1S/C17H23NO3/c1-2-9-21-16-7-3-12(4-8-16)17(20)18-13-5-6-14(18)11-15(19)10-13/h3-4,7-8,13-15,19H,2,5-6,9-11H2,1H3. The fourth-order valence-electron chi connectivity index (χ4n) is 3.54. The van der Waals surface area contributed by atoms with Gasteiger partial charge in [0.05, 0.1) is 12.7 Å². The minimum Gasteiger partial charge on any atom is -0.494 e. The van der Waals surface area contributed by atoms with Crippen molar-refractivity contribution in [1.82, 2.24) is 4.90 Å². The molecule has 2 heterocycles. The molecule has 2 atom stereocenters. The average Bonchev–Trinajstić information content (AvgIpc) is 2.77. The summed E-state index contributed by atoms with van der Waals surface area (Å²) in [6.45, 7) is 2.76. The van der Waals surface area contributed by atoms with E-state index in [-0.39, 0.29) is 24.1 Å². The number of hydrogen-bond acceptors (Lipinski definition) is 3. The van der Waals surface area contributed by atoms with Gasteiger partial charge in [0.15, 0.2) is 0 Å². The van der Waals surface area contributed by atoms with E-state index in [1.165, 1.54) is 0 Å². The molecule has 2 fully saturated rings. The van der Waals surface area contributed by atoms with E-state index < -0.39 is 0 Å². The molecule has 0 aromatic heterocycles. The molecule has 2 saturated heterocycles. The molecule has 0 saturated carbocycles. The normalized spacial score (nSPS) is 27.7. The number of aliphatic hydroxyl groups is 1. The first-order chi connectivity index (χ1) is 10.2. The molecular weight excluding hydrogens is 266 g/mol. The van der Waals surface area contributed by atoms with Crippen molar-refractivity contribution in [2.24, 2.45) is 0 Å². The maximum atomic E-state index is 12.7. The molecule has 1 N–H and O–H groups in total. The van der Waals surface area contributed by atoms with E-state index in [0.717, 1.165) is 37.9 Å². The smallest absolute Gasteiger partial charge is 0.254 e. The van der Waals surface area contributed by atoms with Gasteiger partial charge >= 0.3 is 0 Å². The van der Waals surface area contributed by atoms with Crippen LogP contribution in [0.3, 0.4) is 0 Å². The Morgan fingerprint density at radius 1 is 1.24 bits per heavy atom. The molecule has 2 bridgehead atoms. The van der Waals surface area contributed by atoms with E-state index in [2.05, 4.69) is 6.92 Å². The maximum Gasteiger partial charge on any atom is 0.254 e. The molecule has 2 aliphatic rings. The summed E-state index contributed by atoms with van der Waals surface area (Å²) >= 11 is 0. The van der Waals surface area contributed by atoms with Crippen molar-refractivity contribution in [2.45, 2.75) is 57.2 Å². The molecule has 1 aromatic rings. The maximum absolute atomic E-state index is 12.7. The second-order valence-corrected chi connectivity index (χ2v) is 6.10. The van der Waals surface area contributed by atoms with Crippen LogP contribution in [0, 0.1) is 0 Å². The summed E-state index contributed by atoms with van der Waals surface area (Å²) in [7, 11) is 0. The number of hydrogen-bond donors (Lipinski definition) is 1. The van der Waals surface area contributed by atoms with Crippen molar-refractivity contribution in [3.05, 3.63) is 29.8 Å². The van der Waals surface area contributed by atoms with Gasteiger partial charge in [0.1, 0.15) is 5.75 Å².